The SMILES string of the molecule is Cc1nccc(-c2ccc(OCC(C)(CC(C)C)OC(N)=O)c(F)c2)n1. The zero-order chi connectivity index (χ0) is 19.3. The molecule has 0 spiro atoms. The van der Waals surface area contributed by atoms with Gasteiger partial charge in [0.2, 0.25) is 0 Å². The first-order valence-electron chi connectivity index (χ1n) is 8.39. The Kier molecular flexibility index (Phi) is 6.13. The zero-order valence-electron chi connectivity index (χ0n) is 15.5. The molecule has 1 aromatic carbocycles. The van der Waals surface area contributed by atoms with E-state index >= 15 is 0 Å². The van der Waals surface area contributed by atoms with Crippen molar-refractivity contribution >= 4 is 6.09 Å². The molecule has 0 aliphatic rings. The maximum Gasteiger partial charge on any atom is 0.405 e. The molecule has 0 fully saturated rings. The molecule has 2 rings (SSSR count). The van der Waals surface area contributed by atoms with Crippen LogP contribution in [0.25, 0.3) is 11.3 Å². The highest BCUT2D eigenvalue weighted by atomic mass is 19.1. The van der Waals surface area contributed by atoms with Crippen molar-refractivity contribution < 1.29 is 18.7 Å². The van der Waals surface area contributed by atoms with Crippen molar-refractivity contribution in [2.24, 2.45) is 11.7 Å². The number of hydrogen-bond donors (Lipinski definition) is 1. The minimum Gasteiger partial charge on any atom is -0.486 e. The van der Waals surface area contributed by atoms with Gasteiger partial charge in [0, 0.05) is 11.8 Å². The summed E-state index contributed by atoms with van der Waals surface area (Å²) in [6.07, 6.45) is 1.28. The van der Waals surface area contributed by atoms with Crippen LogP contribution in [0.15, 0.2) is 30.5 Å². The Morgan fingerprint density at radius 3 is 2.65 bits per heavy atom. The van der Waals surface area contributed by atoms with Crippen LogP contribution in [-0.4, -0.2) is 28.3 Å². The summed E-state index contributed by atoms with van der Waals surface area (Å²) in [5.74, 6) is 0.403. The maximum atomic E-state index is 14.4. The highest BCUT2D eigenvalue weighted by molar-refractivity contribution is 5.65. The Morgan fingerprint density at radius 1 is 1.35 bits per heavy atom. The van der Waals surface area contributed by atoms with E-state index < -0.39 is 17.5 Å². The van der Waals surface area contributed by atoms with E-state index in [1.807, 2.05) is 13.8 Å². The predicted octanol–water partition coefficient (Wildman–Crippen LogP) is 3.87. The molecule has 1 unspecified atom stereocenters. The summed E-state index contributed by atoms with van der Waals surface area (Å²) in [5.41, 5.74) is 5.46. The van der Waals surface area contributed by atoms with Gasteiger partial charge in [-0.3, -0.25) is 0 Å². The predicted molar refractivity (Wildman–Crippen MR) is 96.2 cm³/mol. The topological polar surface area (TPSA) is 87.3 Å². The lowest BCUT2D eigenvalue weighted by Gasteiger charge is -2.30. The van der Waals surface area contributed by atoms with Crippen molar-refractivity contribution in [3.05, 3.63) is 42.1 Å². The standard InChI is InChI=1S/C19H24FN3O3/c1-12(2)10-19(4,26-18(21)24)11-25-17-6-5-14(9-15(17)20)16-7-8-22-13(3)23-16/h5-9,12H,10-11H2,1-4H3,(H2,21,24). The summed E-state index contributed by atoms with van der Waals surface area (Å²) in [5, 5.41) is 0. The van der Waals surface area contributed by atoms with Gasteiger partial charge in [-0.15, -0.1) is 0 Å². The molecule has 2 aromatic rings. The van der Waals surface area contributed by atoms with E-state index in [9.17, 15) is 9.18 Å². The lowest BCUT2D eigenvalue weighted by molar-refractivity contribution is -0.0193. The van der Waals surface area contributed by atoms with Crippen LogP contribution in [-0.2, 0) is 4.74 Å². The smallest absolute Gasteiger partial charge is 0.405 e. The average Bonchev–Trinajstić information content (AvgIpc) is 2.52. The van der Waals surface area contributed by atoms with Crippen LogP contribution >= 0.6 is 0 Å². The molecule has 0 saturated heterocycles. The molecule has 6 nitrogen and oxygen atoms in total. The van der Waals surface area contributed by atoms with Crippen LogP contribution in [0.3, 0.4) is 0 Å². The maximum absolute atomic E-state index is 14.4. The van der Waals surface area contributed by atoms with E-state index in [-0.39, 0.29) is 18.3 Å². The second-order valence-electron chi connectivity index (χ2n) is 6.89. The molecule has 0 aliphatic carbocycles. The Bertz CT molecular complexity index is 782. The zero-order valence-corrected chi connectivity index (χ0v) is 15.5. The molecule has 1 aromatic heterocycles. The highest BCUT2D eigenvalue weighted by Crippen LogP contribution is 2.27. The molecule has 26 heavy (non-hydrogen) atoms. The van der Waals surface area contributed by atoms with Gasteiger partial charge in [0.15, 0.2) is 11.6 Å². The van der Waals surface area contributed by atoms with Gasteiger partial charge in [0.1, 0.15) is 18.0 Å². The van der Waals surface area contributed by atoms with E-state index in [1.165, 1.54) is 12.1 Å². The van der Waals surface area contributed by atoms with Crippen molar-refractivity contribution in [1.29, 1.82) is 0 Å². The van der Waals surface area contributed by atoms with Crippen molar-refractivity contribution in [1.82, 2.24) is 9.97 Å². The van der Waals surface area contributed by atoms with E-state index in [0.717, 1.165) is 0 Å². The molecule has 1 amide bonds. The summed E-state index contributed by atoms with van der Waals surface area (Å²) in [6, 6.07) is 6.31. The first-order chi connectivity index (χ1) is 12.2. The number of carbonyl (C=O) groups is 1. The third kappa shape index (κ3) is 5.40. The van der Waals surface area contributed by atoms with E-state index in [1.54, 1.807) is 32.2 Å². The van der Waals surface area contributed by atoms with E-state index in [2.05, 4.69) is 9.97 Å². The Morgan fingerprint density at radius 2 is 2.08 bits per heavy atom. The van der Waals surface area contributed by atoms with E-state index in [0.29, 0.717) is 23.5 Å². The van der Waals surface area contributed by atoms with Crippen LogP contribution in [0.5, 0.6) is 5.75 Å². The number of aromatic nitrogens is 2. The third-order valence-corrected chi connectivity index (χ3v) is 3.72. The molecular formula is C19H24FN3O3. The minimum atomic E-state index is -0.936. The molecule has 2 N–H and O–H groups in total. The van der Waals surface area contributed by atoms with Crippen LogP contribution in [0.4, 0.5) is 9.18 Å². The second kappa shape index (κ2) is 8.12. The number of nitrogens with zero attached hydrogens (tertiary/aromatic N) is 2. The number of benzene rings is 1. The number of rotatable bonds is 7. The van der Waals surface area contributed by atoms with Gasteiger partial charge in [-0.25, -0.2) is 19.2 Å². The molecule has 0 radical (unpaired) electrons. The first-order valence-corrected chi connectivity index (χ1v) is 8.39. The fraction of sp³-hybridized carbons (Fsp3) is 0.421. The molecule has 7 heteroatoms. The summed E-state index contributed by atoms with van der Waals surface area (Å²) in [6.45, 7) is 7.46. The van der Waals surface area contributed by atoms with Gasteiger partial charge in [-0.1, -0.05) is 13.8 Å². The second-order valence-corrected chi connectivity index (χ2v) is 6.89. The third-order valence-electron chi connectivity index (χ3n) is 3.72. The number of primary amides is 1. The van der Waals surface area contributed by atoms with Gasteiger partial charge in [-0.05, 0) is 50.5 Å². The number of amides is 1. The summed E-state index contributed by atoms with van der Waals surface area (Å²) in [7, 11) is 0. The molecule has 0 aliphatic heterocycles. The number of halogens is 1. The minimum absolute atomic E-state index is 0.00297. The van der Waals surface area contributed by atoms with Crippen molar-refractivity contribution in [2.75, 3.05) is 6.61 Å². The fourth-order valence-corrected chi connectivity index (χ4v) is 2.86. The summed E-state index contributed by atoms with van der Waals surface area (Å²) < 4.78 is 25.2. The number of ether oxygens (including phenoxy) is 2. The number of hydrogen-bond acceptors (Lipinski definition) is 5. The Labute approximate surface area is 152 Å². The molecule has 140 valence electrons. The Balaban J connectivity index is 2.15. The lowest BCUT2D eigenvalue weighted by atomic mass is 9.95. The van der Waals surface area contributed by atoms with Crippen molar-refractivity contribution in [2.45, 2.75) is 39.7 Å². The molecular weight excluding hydrogens is 337 g/mol. The first kappa shape index (κ1) is 19.6. The van der Waals surface area contributed by atoms with Crippen LogP contribution in [0.2, 0.25) is 0 Å². The highest BCUT2D eigenvalue weighted by Gasteiger charge is 2.30. The molecule has 1 heterocycles. The Hall–Kier alpha value is -2.70. The van der Waals surface area contributed by atoms with E-state index in [4.69, 9.17) is 15.2 Å². The molecule has 1 atom stereocenters. The monoisotopic (exact) mass is 361 g/mol. The van der Waals surface area contributed by atoms with Crippen molar-refractivity contribution in [3.8, 4) is 17.0 Å². The number of aryl methyl sites for hydroxylation is 1. The molecule has 0 saturated carbocycles. The molecule has 0 bridgehead atoms. The largest absolute Gasteiger partial charge is 0.486 e. The summed E-state index contributed by atoms with van der Waals surface area (Å²) >= 11 is 0. The lowest BCUT2D eigenvalue weighted by Crippen LogP contribution is -2.41. The quantitative estimate of drug-likeness (QED) is 0.809. The van der Waals surface area contributed by atoms with Gasteiger partial charge in [0.05, 0.1) is 5.69 Å². The van der Waals surface area contributed by atoms with Gasteiger partial charge < -0.3 is 15.2 Å². The summed E-state index contributed by atoms with van der Waals surface area (Å²) in [4.78, 5) is 19.5. The van der Waals surface area contributed by atoms with Crippen LogP contribution in [0, 0.1) is 18.7 Å². The number of nitrogens with two attached hydrogens (primary N) is 1. The normalized spacial score (nSPS) is 13.3. The van der Waals surface area contributed by atoms with Crippen LogP contribution < -0.4 is 10.5 Å². The number of carbonyl (C=O) groups excluding carboxylic acids is 1. The van der Waals surface area contributed by atoms with Gasteiger partial charge in [-0.2, -0.15) is 0 Å². The van der Waals surface area contributed by atoms with Crippen molar-refractivity contribution in [3.63, 3.8) is 0 Å². The fourth-order valence-electron chi connectivity index (χ4n) is 2.86. The van der Waals surface area contributed by atoms with Crippen LogP contribution in [0.1, 0.15) is 33.0 Å². The van der Waals surface area contributed by atoms with Gasteiger partial charge in [0.25, 0.3) is 0 Å². The average molecular weight is 361 g/mol. The van der Waals surface area contributed by atoms with Gasteiger partial charge >= 0.3 is 6.09 Å².